The number of hydrogen-bond donors (Lipinski definition) is 0. The summed E-state index contributed by atoms with van der Waals surface area (Å²) >= 11 is 0. The fourth-order valence-electron chi connectivity index (χ4n) is 3.70. The quantitative estimate of drug-likeness (QED) is 0.635. The van der Waals surface area contributed by atoms with Crippen molar-refractivity contribution in [1.29, 1.82) is 0 Å². The second kappa shape index (κ2) is 6.31. The standard InChI is InChI=1S/C21H31OSi/c1-20(2,3)16-13-14-17(19(16)23(7)8)21(4,5)15-11-9-10-12-18(15)22-6/h9-14,16H,1-8H3. The number of hydrogen-bond acceptors (Lipinski definition) is 1. The lowest BCUT2D eigenvalue weighted by Crippen LogP contribution is -2.29. The van der Waals surface area contributed by atoms with Gasteiger partial charge in [-0.3, -0.25) is 0 Å². The van der Waals surface area contributed by atoms with Gasteiger partial charge in [-0.2, -0.15) is 0 Å². The van der Waals surface area contributed by atoms with Gasteiger partial charge in [0, 0.05) is 11.0 Å². The first-order valence-corrected chi connectivity index (χ1v) is 11.0. The summed E-state index contributed by atoms with van der Waals surface area (Å²) in [5.74, 6) is 1.54. The van der Waals surface area contributed by atoms with E-state index in [1.54, 1.807) is 12.3 Å². The van der Waals surface area contributed by atoms with E-state index in [1.165, 1.54) is 11.1 Å². The van der Waals surface area contributed by atoms with Crippen LogP contribution in [0.2, 0.25) is 13.1 Å². The average molecular weight is 328 g/mol. The van der Waals surface area contributed by atoms with Gasteiger partial charge in [0.25, 0.3) is 0 Å². The molecule has 0 aromatic heterocycles. The van der Waals surface area contributed by atoms with Gasteiger partial charge in [-0.05, 0) is 23.0 Å². The van der Waals surface area contributed by atoms with Crippen molar-refractivity contribution < 1.29 is 4.74 Å². The van der Waals surface area contributed by atoms with Gasteiger partial charge in [0.05, 0.1) is 15.9 Å². The first kappa shape index (κ1) is 18.1. The molecule has 1 aromatic carbocycles. The van der Waals surface area contributed by atoms with Gasteiger partial charge in [-0.15, -0.1) is 0 Å². The van der Waals surface area contributed by atoms with E-state index in [1.807, 2.05) is 6.07 Å². The zero-order valence-corrected chi connectivity index (χ0v) is 16.9. The second-order valence-corrected chi connectivity index (χ2v) is 10.9. The highest BCUT2D eigenvalue weighted by Crippen LogP contribution is 2.47. The topological polar surface area (TPSA) is 9.23 Å². The fourth-order valence-corrected chi connectivity index (χ4v) is 5.78. The summed E-state index contributed by atoms with van der Waals surface area (Å²) < 4.78 is 5.64. The van der Waals surface area contributed by atoms with Crippen LogP contribution in [0.1, 0.15) is 40.2 Å². The Morgan fingerprint density at radius 1 is 1.00 bits per heavy atom. The Labute approximate surface area is 144 Å². The minimum Gasteiger partial charge on any atom is -0.496 e. The van der Waals surface area contributed by atoms with Crippen LogP contribution in [-0.4, -0.2) is 15.9 Å². The molecule has 2 rings (SSSR count). The van der Waals surface area contributed by atoms with Crippen molar-refractivity contribution in [1.82, 2.24) is 0 Å². The van der Waals surface area contributed by atoms with Crippen LogP contribution >= 0.6 is 0 Å². The molecule has 0 saturated carbocycles. The van der Waals surface area contributed by atoms with Gasteiger partial charge in [0.2, 0.25) is 0 Å². The van der Waals surface area contributed by atoms with Gasteiger partial charge < -0.3 is 4.74 Å². The van der Waals surface area contributed by atoms with Crippen LogP contribution in [0.15, 0.2) is 47.2 Å². The molecule has 0 amide bonds. The summed E-state index contributed by atoms with van der Waals surface area (Å²) in [6.45, 7) is 16.6. The molecule has 0 aliphatic heterocycles. The normalized spacial score (nSPS) is 18.9. The Balaban J connectivity index is 2.61. The summed E-state index contributed by atoms with van der Waals surface area (Å²) in [6, 6.07) is 8.44. The number of allylic oxidation sites excluding steroid dienone is 4. The molecule has 0 N–H and O–H groups in total. The Morgan fingerprint density at radius 3 is 2.13 bits per heavy atom. The molecule has 0 saturated heterocycles. The van der Waals surface area contributed by atoms with E-state index in [2.05, 4.69) is 78.1 Å². The molecule has 1 aromatic rings. The number of rotatable bonds is 4. The largest absolute Gasteiger partial charge is 0.496 e. The van der Waals surface area contributed by atoms with E-state index in [9.17, 15) is 0 Å². The first-order chi connectivity index (χ1) is 10.6. The molecule has 2 heteroatoms. The van der Waals surface area contributed by atoms with Crippen molar-refractivity contribution >= 4 is 8.80 Å². The van der Waals surface area contributed by atoms with Crippen LogP contribution in [-0.2, 0) is 5.41 Å². The molecule has 1 aliphatic rings. The molecule has 1 atom stereocenters. The van der Waals surface area contributed by atoms with Crippen LogP contribution in [0.3, 0.4) is 0 Å². The van der Waals surface area contributed by atoms with Crippen molar-refractivity contribution in [3.63, 3.8) is 0 Å². The SMILES string of the molecule is COc1ccccc1C(C)(C)C1=C([Si](C)C)C(C(C)(C)C)C=C1. The average Bonchev–Trinajstić information content (AvgIpc) is 2.93. The number of methoxy groups -OCH3 is 1. The van der Waals surface area contributed by atoms with Crippen molar-refractivity contribution in [3.05, 3.63) is 52.8 Å². The maximum Gasteiger partial charge on any atom is 0.122 e. The highest BCUT2D eigenvalue weighted by Gasteiger charge is 2.38. The maximum atomic E-state index is 5.64. The molecule has 0 spiro atoms. The molecule has 1 unspecified atom stereocenters. The lowest BCUT2D eigenvalue weighted by atomic mass is 9.76. The van der Waals surface area contributed by atoms with Crippen LogP contribution in [0.25, 0.3) is 0 Å². The predicted molar refractivity (Wildman–Crippen MR) is 103 cm³/mol. The third-order valence-corrected chi connectivity index (χ3v) is 6.64. The third-order valence-electron chi connectivity index (χ3n) is 4.98. The molecule has 1 radical (unpaired) electrons. The summed E-state index contributed by atoms with van der Waals surface area (Å²) in [5, 5.41) is 1.68. The molecule has 125 valence electrons. The van der Waals surface area contributed by atoms with Crippen molar-refractivity contribution in [2.45, 2.75) is 53.1 Å². The fraction of sp³-hybridized carbons (Fsp3) is 0.524. The summed E-state index contributed by atoms with van der Waals surface area (Å²) in [6.07, 6.45) is 4.81. The van der Waals surface area contributed by atoms with Crippen molar-refractivity contribution in [2.75, 3.05) is 7.11 Å². The molecule has 1 aliphatic carbocycles. The minimum absolute atomic E-state index is 0.0413. The third kappa shape index (κ3) is 3.33. The first-order valence-electron chi connectivity index (χ1n) is 8.47. The Bertz CT molecular complexity index is 629. The van der Waals surface area contributed by atoms with Gasteiger partial charge in [-0.1, -0.05) is 83.3 Å². The van der Waals surface area contributed by atoms with E-state index in [-0.39, 0.29) is 10.8 Å². The highest BCUT2D eigenvalue weighted by molar-refractivity contribution is 6.64. The molecular formula is C21H31OSi. The summed E-state index contributed by atoms with van der Waals surface area (Å²) in [5.41, 5.74) is 3.01. The number of ether oxygens (including phenoxy) is 1. The van der Waals surface area contributed by atoms with Crippen LogP contribution in [0, 0.1) is 11.3 Å². The van der Waals surface area contributed by atoms with Crippen LogP contribution in [0.4, 0.5) is 0 Å². The second-order valence-electron chi connectivity index (χ2n) is 8.36. The van der Waals surface area contributed by atoms with Gasteiger partial charge in [0.15, 0.2) is 0 Å². The molecular weight excluding hydrogens is 296 g/mol. The van der Waals surface area contributed by atoms with Crippen molar-refractivity contribution in [3.8, 4) is 5.75 Å². The zero-order valence-electron chi connectivity index (χ0n) is 15.9. The van der Waals surface area contributed by atoms with E-state index in [0.29, 0.717) is 5.92 Å². The Kier molecular flexibility index (Phi) is 4.96. The molecule has 0 fully saturated rings. The minimum atomic E-state index is -0.523. The van der Waals surface area contributed by atoms with E-state index in [4.69, 9.17) is 4.74 Å². The number of para-hydroxylation sites is 1. The van der Waals surface area contributed by atoms with Gasteiger partial charge in [-0.25, -0.2) is 0 Å². The smallest absolute Gasteiger partial charge is 0.122 e. The van der Waals surface area contributed by atoms with Crippen LogP contribution < -0.4 is 4.74 Å². The predicted octanol–water partition coefficient (Wildman–Crippen LogP) is 5.80. The van der Waals surface area contributed by atoms with E-state index < -0.39 is 8.80 Å². The monoisotopic (exact) mass is 327 g/mol. The molecule has 0 bridgehead atoms. The van der Waals surface area contributed by atoms with Crippen molar-refractivity contribution in [2.24, 2.45) is 11.3 Å². The van der Waals surface area contributed by atoms with E-state index in [0.717, 1.165) is 5.75 Å². The molecule has 23 heavy (non-hydrogen) atoms. The summed E-state index contributed by atoms with van der Waals surface area (Å²) in [7, 11) is 1.24. The van der Waals surface area contributed by atoms with Gasteiger partial charge in [0.1, 0.15) is 5.75 Å². The van der Waals surface area contributed by atoms with E-state index >= 15 is 0 Å². The maximum absolute atomic E-state index is 5.64. The summed E-state index contributed by atoms with van der Waals surface area (Å²) in [4.78, 5) is 0. The number of benzene rings is 1. The Hall–Kier alpha value is -1.28. The lowest BCUT2D eigenvalue weighted by Gasteiger charge is -2.35. The Morgan fingerprint density at radius 2 is 1.61 bits per heavy atom. The molecule has 1 nitrogen and oxygen atoms in total. The molecule has 0 heterocycles. The highest BCUT2D eigenvalue weighted by atomic mass is 28.3. The van der Waals surface area contributed by atoms with Gasteiger partial charge >= 0.3 is 0 Å². The van der Waals surface area contributed by atoms with Crippen LogP contribution in [0.5, 0.6) is 5.75 Å². The zero-order chi connectivity index (χ0) is 17.4. The lowest BCUT2D eigenvalue weighted by molar-refractivity contribution is 0.339.